The van der Waals surface area contributed by atoms with Gasteiger partial charge in [0.15, 0.2) is 0 Å². The molecule has 0 aliphatic heterocycles. The number of thiophene rings is 1. The van der Waals surface area contributed by atoms with Gasteiger partial charge in [0.05, 0.1) is 11.0 Å². The van der Waals surface area contributed by atoms with Crippen LogP contribution in [0.1, 0.15) is 0 Å². The SMILES string of the molecule is C=CCN(CC=C)C(=O)Nc1ccc2sc3nc4ccccc4nc3c2c1. The molecule has 0 fully saturated rings. The van der Waals surface area contributed by atoms with Gasteiger partial charge in [0.1, 0.15) is 10.3 Å². The summed E-state index contributed by atoms with van der Waals surface area (Å²) in [6, 6.07) is 13.5. The smallest absolute Gasteiger partial charge is 0.317 e. The second-order valence-corrected chi connectivity index (χ2v) is 7.12. The average Bonchev–Trinajstić information content (AvgIpc) is 3.03. The number of hydrogen-bond donors (Lipinski definition) is 1. The summed E-state index contributed by atoms with van der Waals surface area (Å²) in [7, 11) is 0. The summed E-state index contributed by atoms with van der Waals surface area (Å²) in [6.45, 7) is 8.31. The topological polar surface area (TPSA) is 58.1 Å². The molecule has 0 saturated carbocycles. The van der Waals surface area contributed by atoms with Crippen LogP contribution >= 0.6 is 11.3 Å². The summed E-state index contributed by atoms with van der Waals surface area (Å²) in [5, 5.41) is 3.93. The summed E-state index contributed by atoms with van der Waals surface area (Å²) >= 11 is 1.60. The van der Waals surface area contributed by atoms with Gasteiger partial charge in [-0.3, -0.25) is 0 Å². The number of para-hydroxylation sites is 2. The fourth-order valence-electron chi connectivity index (χ4n) is 2.97. The molecule has 0 saturated heterocycles. The molecule has 27 heavy (non-hydrogen) atoms. The van der Waals surface area contributed by atoms with Crippen molar-refractivity contribution in [2.45, 2.75) is 0 Å². The molecule has 134 valence electrons. The molecule has 0 aliphatic rings. The number of rotatable bonds is 5. The van der Waals surface area contributed by atoms with Crippen molar-refractivity contribution in [3.63, 3.8) is 0 Å². The van der Waals surface area contributed by atoms with Gasteiger partial charge in [-0.2, -0.15) is 0 Å². The van der Waals surface area contributed by atoms with E-state index in [1.165, 1.54) is 0 Å². The van der Waals surface area contributed by atoms with E-state index in [2.05, 4.69) is 18.5 Å². The number of fused-ring (bicyclic) bond motifs is 4. The first-order valence-corrected chi connectivity index (χ1v) is 9.38. The van der Waals surface area contributed by atoms with Gasteiger partial charge in [0, 0.05) is 28.9 Å². The number of nitrogens with one attached hydrogen (secondary N) is 1. The van der Waals surface area contributed by atoms with Crippen molar-refractivity contribution in [2.24, 2.45) is 0 Å². The van der Waals surface area contributed by atoms with E-state index >= 15 is 0 Å². The second kappa shape index (κ2) is 7.17. The lowest BCUT2D eigenvalue weighted by Gasteiger charge is -2.19. The molecule has 2 heterocycles. The van der Waals surface area contributed by atoms with Crippen molar-refractivity contribution >= 4 is 54.5 Å². The Morgan fingerprint density at radius 2 is 1.78 bits per heavy atom. The molecular formula is C21H18N4OS. The van der Waals surface area contributed by atoms with Crippen molar-refractivity contribution in [3.8, 4) is 0 Å². The molecule has 2 amide bonds. The molecule has 1 N–H and O–H groups in total. The maximum Gasteiger partial charge on any atom is 0.322 e. The lowest BCUT2D eigenvalue weighted by molar-refractivity contribution is 0.222. The minimum Gasteiger partial charge on any atom is -0.317 e. The van der Waals surface area contributed by atoms with E-state index in [1.807, 2.05) is 42.5 Å². The summed E-state index contributed by atoms with van der Waals surface area (Å²) in [6.07, 6.45) is 3.39. The standard InChI is InChI=1S/C21H18N4OS/c1-3-11-25(12-4-2)21(26)22-14-9-10-18-15(13-14)19-20(27-18)24-17-8-6-5-7-16(17)23-19/h3-10,13H,1-2,11-12H2,(H,22,26). The normalized spacial score (nSPS) is 11.0. The Morgan fingerprint density at radius 1 is 1.07 bits per heavy atom. The Labute approximate surface area is 160 Å². The fourth-order valence-corrected chi connectivity index (χ4v) is 3.98. The van der Waals surface area contributed by atoms with Crippen LogP contribution in [0, 0.1) is 0 Å². The summed E-state index contributed by atoms with van der Waals surface area (Å²) < 4.78 is 1.09. The van der Waals surface area contributed by atoms with Crippen molar-refractivity contribution in [3.05, 3.63) is 67.8 Å². The van der Waals surface area contributed by atoms with Crippen LogP contribution in [0.3, 0.4) is 0 Å². The molecular weight excluding hydrogens is 356 g/mol. The highest BCUT2D eigenvalue weighted by Crippen LogP contribution is 2.34. The third-order valence-electron chi connectivity index (χ3n) is 4.22. The second-order valence-electron chi connectivity index (χ2n) is 6.09. The molecule has 0 atom stereocenters. The zero-order valence-corrected chi connectivity index (χ0v) is 15.5. The zero-order valence-electron chi connectivity index (χ0n) is 14.7. The van der Waals surface area contributed by atoms with Gasteiger partial charge in [-0.05, 0) is 30.3 Å². The number of carbonyl (C=O) groups excluding carboxylic acids is 1. The predicted octanol–water partition coefficient (Wildman–Crippen LogP) is 5.20. The van der Waals surface area contributed by atoms with Gasteiger partial charge in [0.2, 0.25) is 0 Å². The van der Waals surface area contributed by atoms with Crippen LogP contribution in [0.25, 0.3) is 31.5 Å². The van der Waals surface area contributed by atoms with Crippen molar-refractivity contribution in [2.75, 3.05) is 18.4 Å². The maximum atomic E-state index is 12.5. The van der Waals surface area contributed by atoms with Crippen LogP contribution in [0.2, 0.25) is 0 Å². The maximum absolute atomic E-state index is 12.5. The Kier molecular flexibility index (Phi) is 4.56. The van der Waals surface area contributed by atoms with Crippen LogP contribution in [0.4, 0.5) is 10.5 Å². The predicted molar refractivity (Wildman–Crippen MR) is 113 cm³/mol. The molecule has 4 aromatic rings. The van der Waals surface area contributed by atoms with E-state index in [9.17, 15) is 4.79 Å². The molecule has 2 aromatic carbocycles. The van der Waals surface area contributed by atoms with Gasteiger partial charge in [-0.1, -0.05) is 24.3 Å². The number of amides is 2. The van der Waals surface area contributed by atoms with E-state index in [-0.39, 0.29) is 6.03 Å². The quantitative estimate of drug-likeness (QED) is 0.488. The molecule has 0 aliphatic carbocycles. The van der Waals surface area contributed by atoms with E-state index < -0.39 is 0 Å². The lowest BCUT2D eigenvalue weighted by Crippen LogP contribution is -2.35. The minimum atomic E-state index is -0.190. The van der Waals surface area contributed by atoms with Crippen LogP contribution in [0.15, 0.2) is 67.8 Å². The Hall–Kier alpha value is -3.25. The number of nitrogens with zero attached hydrogens (tertiary/aromatic N) is 3. The van der Waals surface area contributed by atoms with E-state index in [0.29, 0.717) is 13.1 Å². The Balaban J connectivity index is 1.73. The molecule has 0 spiro atoms. The summed E-state index contributed by atoms with van der Waals surface area (Å²) in [4.78, 5) is 24.5. The summed E-state index contributed by atoms with van der Waals surface area (Å²) in [5.74, 6) is 0. The van der Waals surface area contributed by atoms with Crippen LogP contribution in [-0.2, 0) is 0 Å². The molecule has 0 radical (unpaired) electrons. The summed E-state index contributed by atoms with van der Waals surface area (Å²) in [5.41, 5.74) is 3.33. The molecule has 0 unspecified atom stereocenters. The molecule has 4 rings (SSSR count). The van der Waals surface area contributed by atoms with Gasteiger partial charge < -0.3 is 10.2 Å². The third kappa shape index (κ3) is 3.27. The fraction of sp³-hybridized carbons (Fsp3) is 0.0952. The van der Waals surface area contributed by atoms with Crippen LogP contribution < -0.4 is 5.32 Å². The largest absolute Gasteiger partial charge is 0.322 e. The Morgan fingerprint density at radius 3 is 2.48 bits per heavy atom. The molecule has 0 bridgehead atoms. The average molecular weight is 374 g/mol. The van der Waals surface area contributed by atoms with E-state index in [1.54, 1.807) is 28.4 Å². The highest BCUT2D eigenvalue weighted by atomic mass is 32.1. The number of carbonyl (C=O) groups is 1. The first-order valence-electron chi connectivity index (χ1n) is 8.56. The number of urea groups is 1. The van der Waals surface area contributed by atoms with Gasteiger partial charge in [-0.15, -0.1) is 24.5 Å². The number of hydrogen-bond acceptors (Lipinski definition) is 4. The van der Waals surface area contributed by atoms with E-state index in [4.69, 9.17) is 9.97 Å². The first-order chi connectivity index (χ1) is 13.2. The minimum absolute atomic E-state index is 0.190. The molecule has 5 nitrogen and oxygen atoms in total. The number of benzene rings is 2. The monoisotopic (exact) mass is 374 g/mol. The third-order valence-corrected chi connectivity index (χ3v) is 5.27. The Bertz CT molecular complexity index is 1170. The van der Waals surface area contributed by atoms with Gasteiger partial charge in [0.25, 0.3) is 0 Å². The lowest BCUT2D eigenvalue weighted by atomic mass is 10.2. The first kappa shape index (κ1) is 17.2. The molecule has 2 aromatic heterocycles. The van der Waals surface area contributed by atoms with Crippen LogP contribution in [0.5, 0.6) is 0 Å². The van der Waals surface area contributed by atoms with E-state index in [0.717, 1.165) is 37.2 Å². The number of anilines is 1. The number of aromatic nitrogens is 2. The molecule has 6 heteroatoms. The highest BCUT2D eigenvalue weighted by Gasteiger charge is 2.13. The van der Waals surface area contributed by atoms with Crippen LogP contribution in [-0.4, -0.2) is 34.0 Å². The zero-order chi connectivity index (χ0) is 18.8. The van der Waals surface area contributed by atoms with Crippen molar-refractivity contribution in [1.29, 1.82) is 0 Å². The highest BCUT2D eigenvalue weighted by molar-refractivity contribution is 7.25. The van der Waals surface area contributed by atoms with Gasteiger partial charge in [-0.25, -0.2) is 14.8 Å². The van der Waals surface area contributed by atoms with Crippen molar-refractivity contribution in [1.82, 2.24) is 14.9 Å². The van der Waals surface area contributed by atoms with Crippen molar-refractivity contribution < 1.29 is 4.79 Å². The van der Waals surface area contributed by atoms with Gasteiger partial charge >= 0.3 is 6.03 Å².